The van der Waals surface area contributed by atoms with Gasteiger partial charge in [-0.1, -0.05) is 6.07 Å². The average Bonchev–Trinajstić information content (AvgIpc) is 2.85. The van der Waals surface area contributed by atoms with Crippen molar-refractivity contribution in [3.8, 4) is 6.07 Å². The average molecular weight is 505 g/mol. The van der Waals surface area contributed by atoms with Crippen LogP contribution in [0.15, 0.2) is 24.4 Å². The Hall–Kier alpha value is -4.08. The summed E-state index contributed by atoms with van der Waals surface area (Å²) in [4.78, 5) is 50.1. The van der Waals surface area contributed by atoms with E-state index < -0.39 is 11.6 Å². The van der Waals surface area contributed by atoms with Gasteiger partial charge in [0.1, 0.15) is 23.4 Å². The van der Waals surface area contributed by atoms with Crippen LogP contribution in [0.25, 0.3) is 0 Å². The highest BCUT2D eigenvalue weighted by molar-refractivity contribution is 6.03. The number of hydrogen-bond acceptors (Lipinski definition) is 9. The van der Waals surface area contributed by atoms with Gasteiger partial charge in [0.2, 0.25) is 5.91 Å². The summed E-state index contributed by atoms with van der Waals surface area (Å²) in [6.45, 7) is 2.36. The number of aldehydes is 1. The number of ether oxygens (including phenoxy) is 1. The number of anilines is 3. The summed E-state index contributed by atoms with van der Waals surface area (Å²) in [5, 5.41) is 18.5. The first-order valence-electron chi connectivity index (χ1n) is 12.1. The molecule has 12 heteroatoms. The molecule has 3 aliphatic heterocycles. The molecule has 0 aromatic carbocycles. The molecule has 2 aromatic heterocycles. The minimum atomic E-state index is -0.610. The molecule has 2 bridgehead atoms. The molecule has 12 nitrogen and oxygen atoms in total. The molecule has 1 saturated carbocycles. The molecule has 1 saturated heterocycles. The molecule has 1 aliphatic carbocycles. The van der Waals surface area contributed by atoms with Crippen LogP contribution in [0, 0.1) is 17.2 Å². The number of pyridine rings is 2. The first-order chi connectivity index (χ1) is 17.9. The molecule has 37 heavy (non-hydrogen) atoms. The fraction of sp³-hybridized carbons (Fsp3) is 0.440. The fourth-order valence-corrected chi connectivity index (χ4v) is 5.26. The van der Waals surface area contributed by atoms with E-state index in [4.69, 9.17) is 4.74 Å². The van der Waals surface area contributed by atoms with Crippen LogP contribution in [0.2, 0.25) is 0 Å². The number of rotatable bonds is 8. The van der Waals surface area contributed by atoms with Gasteiger partial charge in [0.25, 0.3) is 0 Å². The van der Waals surface area contributed by atoms with Gasteiger partial charge in [-0.2, -0.15) is 5.26 Å². The van der Waals surface area contributed by atoms with E-state index in [0.29, 0.717) is 54.9 Å². The van der Waals surface area contributed by atoms with Gasteiger partial charge in [0.05, 0.1) is 29.3 Å². The van der Waals surface area contributed by atoms with Crippen molar-refractivity contribution < 1.29 is 19.1 Å². The molecule has 4 aliphatic rings. The molecule has 0 spiro atoms. The van der Waals surface area contributed by atoms with Crippen LogP contribution in [-0.2, 0) is 15.1 Å². The number of urea groups is 1. The minimum Gasteiger partial charge on any atom is -0.383 e. The number of nitriles is 1. The number of methoxy groups -OCH3 is 1. The van der Waals surface area contributed by atoms with Gasteiger partial charge in [-0.25, -0.2) is 14.8 Å². The second-order valence-corrected chi connectivity index (χ2v) is 9.72. The number of carbonyl (C=O) groups excluding carboxylic acids is 3. The Balaban J connectivity index is 1.39. The normalized spacial score (nSPS) is 22.1. The Morgan fingerprint density at radius 2 is 2.11 bits per heavy atom. The Morgan fingerprint density at radius 1 is 1.32 bits per heavy atom. The molecule has 3 N–H and O–H groups in total. The van der Waals surface area contributed by atoms with Crippen LogP contribution in [0.4, 0.5) is 22.1 Å². The number of carbonyl (C=O) groups is 3. The van der Waals surface area contributed by atoms with Gasteiger partial charge in [-0.05, 0) is 26.0 Å². The van der Waals surface area contributed by atoms with Gasteiger partial charge in [0, 0.05) is 50.6 Å². The van der Waals surface area contributed by atoms with E-state index in [0.717, 1.165) is 13.1 Å². The molecule has 0 atom stereocenters. The summed E-state index contributed by atoms with van der Waals surface area (Å²) in [5.74, 6) is 0.549. The third kappa shape index (κ3) is 4.47. The molecular formula is C25H28N8O4. The molecule has 0 radical (unpaired) electrons. The van der Waals surface area contributed by atoms with E-state index in [9.17, 15) is 19.6 Å². The highest BCUT2D eigenvalue weighted by Crippen LogP contribution is 2.53. The van der Waals surface area contributed by atoms with Gasteiger partial charge >= 0.3 is 6.03 Å². The summed E-state index contributed by atoms with van der Waals surface area (Å²) in [7, 11) is 3.55. The standard InChI is InChI=1S/C25H28N8O4/c1-32-12-16(13-32)23(35)31-25-8-18(9-25)33(22-19(25)4-3-17(14-34)29-22)24(36)30-21-7-20(27-5-6-37-2)15(10-26)11-28-21/h3-4,7,11,14,16,18H,5-6,8-9,12-13H2,1-2H3,(H,31,35)(H2,27,28,30,36). The topological polar surface area (TPSA) is 153 Å². The van der Waals surface area contributed by atoms with Gasteiger partial charge in [-0.3, -0.25) is 19.8 Å². The smallest absolute Gasteiger partial charge is 0.328 e. The molecule has 5 heterocycles. The summed E-state index contributed by atoms with van der Waals surface area (Å²) < 4.78 is 5.04. The van der Waals surface area contributed by atoms with Crippen molar-refractivity contribution in [1.29, 1.82) is 5.26 Å². The lowest BCUT2D eigenvalue weighted by Gasteiger charge is -2.57. The zero-order valence-electron chi connectivity index (χ0n) is 20.7. The zero-order valence-corrected chi connectivity index (χ0v) is 20.7. The van der Waals surface area contributed by atoms with Crippen LogP contribution < -0.4 is 20.9 Å². The number of aromatic nitrogens is 2. The number of likely N-dealkylation sites (tertiary alicyclic amines) is 1. The lowest BCUT2D eigenvalue weighted by molar-refractivity contribution is -0.133. The van der Waals surface area contributed by atoms with Crippen molar-refractivity contribution in [3.63, 3.8) is 0 Å². The Morgan fingerprint density at radius 3 is 2.78 bits per heavy atom. The highest BCUT2D eigenvalue weighted by Gasteiger charge is 2.57. The molecule has 192 valence electrons. The monoisotopic (exact) mass is 504 g/mol. The second-order valence-electron chi connectivity index (χ2n) is 9.72. The molecule has 2 fully saturated rings. The minimum absolute atomic E-state index is 0.00449. The third-order valence-corrected chi connectivity index (χ3v) is 7.19. The second kappa shape index (κ2) is 9.76. The molecular weight excluding hydrogens is 476 g/mol. The van der Waals surface area contributed by atoms with Crippen molar-refractivity contribution in [1.82, 2.24) is 20.2 Å². The van der Waals surface area contributed by atoms with Crippen LogP contribution in [0.3, 0.4) is 0 Å². The molecule has 3 amide bonds. The Kier molecular flexibility index (Phi) is 6.49. The predicted molar refractivity (Wildman–Crippen MR) is 134 cm³/mol. The lowest BCUT2D eigenvalue weighted by atomic mass is 9.64. The summed E-state index contributed by atoms with van der Waals surface area (Å²) in [6.07, 6.45) is 3.12. The molecule has 6 rings (SSSR count). The van der Waals surface area contributed by atoms with E-state index >= 15 is 0 Å². The van der Waals surface area contributed by atoms with Crippen molar-refractivity contribution in [3.05, 3.63) is 41.2 Å². The maximum atomic E-state index is 13.5. The quantitative estimate of drug-likeness (QED) is 0.357. The summed E-state index contributed by atoms with van der Waals surface area (Å²) in [5.41, 5.74) is 1.17. The van der Waals surface area contributed by atoms with Crippen molar-refractivity contribution >= 4 is 35.5 Å². The zero-order chi connectivity index (χ0) is 26.2. The highest BCUT2D eigenvalue weighted by atomic mass is 16.5. The van der Waals surface area contributed by atoms with E-state index in [1.807, 2.05) is 7.05 Å². The van der Waals surface area contributed by atoms with Crippen LogP contribution in [0.5, 0.6) is 0 Å². The van der Waals surface area contributed by atoms with Crippen LogP contribution in [0.1, 0.15) is 34.5 Å². The first-order valence-corrected chi connectivity index (χ1v) is 12.1. The fourth-order valence-electron chi connectivity index (χ4n) is 5.26. The number of amides is 3. The summed E-state index contributed by atoms with van der Waals surface area (Å²) >= 11 is 0. The Bertz CT molecular complexity index is 1280. The maximum Gasteiger partial charge on any atom is 0.328 e. The van der Waals surface area contributed by atoms with E-state index in [1.165, 1.54) is 11.1 Å². The van der Waals surface area contributed by atoms with Gasteiger partial charge in [-0.15, -0.1) is 0 Å². The molecule has 2 aromatic rings. The first kappa shape index (κ1) is 24.6. The van der Waals surface area contributed by atoms with Crippen LogP contribution in [-0.4, -0.2) is 79.5 Å². The third-order valence-electron chi connectivity index (χ3n) is 7.19. The van der Waals surface area contributed by atoms with E-state index in [2.05, 4.69) is 36.9 Å². The Labute approximate surface area is 214 Å². The largest absolute Gasteiger partial charge is 0.383 e. The van der Waals surface area contributed by atoms with Crippen molar-refractivity contribution in [2.75, 3.05) is 55.9 Å². The number of hydrogen-bond donors (Lipinski definition) is 3. The lowest BCUT2D eigenvalue weighted by Crippen LogP contribution is -2.69. The molecule has 0 unspecified atom stereocenters. The summed E-state index contributed by atoms with van der Waals surface area (Å²) in [6, 6.07) is 6.38. The van der Waals surface area contributed by atoms with Crippen molar-refractivity contribution in [2.24, 2.45) is 5.92 Å². The van der Waals surface area contributed by atoms with Gasteiger partial charge in [0.15, 0.2) is 6.29 Å². The van der Waals surface area contributed by atoms with E-state index in [1.54, 1.807) is 25.3 Å². The van der Waals surface area contributed by atoms with Gasteiger partial charge < -0.3 is 20.3 Å². The van der Waals surface area contributed by atoms with Crippen LogP contribution >= 0.6 is 0 Å². The van der Waals surface area contributed by atoms with E-state index in [-0.39, 0.29) is 29.4 Å². The number of nitrogens with zero attached hydrogens (tertiary/aromatic N) is 5. The SMILES string of the molecule is COCCNc1cc(NC(=O)N2c3nc(C=O)ccc3C3(NC(=O)C4CN(C)C4)CC2C3)ncc1C#N. The van der Waals surface area contributed by atoms with Crippen molar-refractivity contribution in [2.45, 2.75) is 24.4 Å². The number of nitrogens with one attached hydrogen (secondary N) is 3. The predicted octanol–water partition coefficient (Wildman–Crippen LogP) is 1.31. The maximum absolute atomic E-state index is 13.5.